The Balaban J connectivity index is 1.37. The van der Waals surface area contributed by atoms with E-state index < -0.39 is 23.4 Å². The van der Waals surface area contributed by atoms with E-state index in [-0.39, 0.29) is 31.5 Å². The van der Waals surface area contributed by atoms with E-state index in [0.717, 1.165) is 30.4 Å². The quantitative estimate of drug-likeness (QED) is 0.540. The summed E-state index contributed by atoms with van der Waals surface area (Å²) in [7, 11) is 0. The van der Waals surface area contributed by atoms with Crippen molar-refractivity contribution >= 4 is 18.0 Å². The summed E-state index contributed by atoms with van der Waals surface area (Å²) < 4.78 is 5.63. The Hall–Kier alpha value is -3.35. The van der Waals surface area contributed by atoms with Crippen LogP contribution in [0.4, 0.5) is 4.79 Å². The summed E-state index contributed by atoms with van der Waals surface area (Å²) in [5, 5.41) is 14.7. The van der Waals surface area contributed by atoms with Crippen LogP contribution in [-0.4, -0.2) is 42.8 Å². The minimum atomic E-state index is -0.949. The van der Waals surface area contributed by atoms with Crippen LogP contribution in [0, 0.1) is 11.3 Å². The third kappa shape index (κ3) is 4.93. The maximum atomic E-state index is 13.0. The lowest BCUT2D eigenvalue weighted by atomic mass is 9.73. The minimum absolute atomic E-state index is 0.0254. The molecule has 1 unspecified atom stereocenters. The maximum Gasteiger partial charge on any atom is 0.407 e. The van der Waals surface area contributed by atoms with E-state index in [2.05, 4.69) is 34.9 Å². The van der Waals surface area contributed by atoms with Crippen LogP contribution in [-0.2, 0) is 14.3 Å². The van der Waals surface area contributed by atoms with Crippen LogP contribution in [0.1, 0.15) is 56.1 Å². The van der Waals surface area contributed by atoms with Crippen LogP contribution in [0.2, 0.25) is 0 Å². The molecule has 2 aromatic rings. The van der Waals surface area contributed by atoms with Gasteiger partial charge in [-0.05, 0) is 35.1 Å². The molecule has 2 aromatic carbocycles. The van der Waals surface area contributed by atoms with E-state index in [4.69, 9.17) is 9.84 Å². The van der Waals surface area contributed by atoms with E-state index in [1.165, 1.54) is 11.1 Å². The molecule has 0 aromatic heterocycles. The molecule has 1 atom stereocenters. The molecule has 0 heterocycles. The molecule has 180 valence electrons. The van der Waals surface area contributed by atoms with Gasteiger partial charge in [-0.3, -0.25) is 9.59 Å². The molecule has 7 heteroatoms. The summed E-state index contributed by atoms with van der Waals surface area (Å²) in [6, 6.07) is 16.3. The van der Waals surface area contributed by atoms with Crippen molar-refractivity contribution in [1.29, 1.82) is 0 Å². The van der Waals surface area contributed by atoms with E-state index in [0.29, 0.717) is 12.8 Å². The third-order valence-corrected chi connectivity index (χ3v) is 7.20. The Morgan fingerprint density at radius 3 is 2.15 bits per heavy atom. The zero-order valence-corrected chi connectivity index (χ0v) is 19.5. The number of amides is 2. The Labute approximate surface area is 199 Å². The van der Waals surface area contributed by atoms with Gasteiger partial charge in [0.05, 0.1) is 11.3 Å². The zero-order valence-electron chi connectivity index (χ0n) is 19.5. The molecule has 2 amide bonds. The molecule has 1 saturated carbocycles. The van der Waals surface area contributed by atoms with Gasteiger partial charge in [0.15, 0.2) is 0 Å². The number of carbonyl (C=O) groups is 3. The van der Waals surface area contributed by atoms with Crippen molar-refractivity contribution < 1.29 is 24.2 Å². The minimum Gasteiger partial charge on any atom is -0.481 e. The molecule has 0 bridgehead atoms. The Kier molecular flexibility index (Phi) is 7.20. The normalized spacial score (nSPS) is 17.2. The van der Waals surface area contributed by atoms with Gasteiger partial charge < -0.3 is 20.5 Å². The van der Waals surface area contributed by atoms with Gasteiger partial charge in [0.2, 0.25) is 5.91 Å². The molecule has 2 aliphatic carbocycles. The van der Waals surface area contributed by atoms with Gasteiger partial charge >= 0.3 is 12.1 Å². The van der Waals surface area contributed by atoms with Crippen molar-refractivity contribution in [2.75, 3.05) is 19.7 Å². The van der Waals surface area contributed by atoms with Crippen LogP contribution in [0.3, 0.4) is 0 Å². The van der Waals surface area contributed by atoms with E-state index in [1.807, 2.05) is 24.3 Å². The number of hydrogen-bond donors (Lipinski definition) is 3. The topological polar surface area (TPSA) is 105 Å². The van der Waals surface area contributed by atoms with Crippen LogP contribution >= 0.6 is 0 Å². The number of hydrogen-bond acceptors (Lipinski definition) is 4. The molecule has 1 fully saturated rings. The molecule has 34 heavy (non-hydrogen) atoms. The second-order valence-corrected chi connectivity index (χ2v) is 9.47. The largest absolute Gasteiger partial charge is 0.481 e. The lowest BCUT2D eigenvalue weighted by Crippen LogP contribution is -2.50. The van der Waals surface area contributed by atoms with Crippen LogP contribution < -0.4 is 10.6 Å². The Bertz CT molecular complexity index is 1010. The van der Waals surface area contributed by atoms with Crippen molar-refractivity contribution in [2.45, 2.75) is 44.9 Å². The molecular formula is C27H32N2O5. The van der Waals surface area contributed by atoms with Crippen LogP contribution in [0.25, 0.3) is 11.1 Å². The smallest absolute Gasteiger partial charge is 0.407 e. The number of nitrogens with one attached hydrogen (secondary N) is 2. The molecular weight excluding hydrogens is 432 g/mol. The predicted octanol–water partition coefficient (Wildman–Crippen LogP) is 4.31. The molecule has 0 aliphatic heterocycles. The highest BCUT2D eigenvalue weighted by Crippen LogP contribution is 2.44. The van der Waals surface area contributed by atoms with E-state index >= 15 is 0 Å². The lowest BCUT2D eigenvalue weighted by Gasteiger charge is -2.36. The molecule has 4 rings (SSSR count). The second-order valence-electron chi connectivity index (χ2n) is 9.47. The first-order valence-corrected chi connectivity index (χ1v) is 12.0. The van der Waals surface area contributed by atoms with Crippen molar-refractivity contribution in [3.05, 3.63) is 59.7 Å². The number of carbonyl (C=O) groups excluding carboxylic acids is 2. The first-order valence-electron chi connectivity index (χ1n) is 12.0. The first-order chi connectivity index (χ1) is 16.4. The number of ether oxygens (including phenoxy) is 1. The number of carboxylic acids is 1. The Morgan fingerprint density at radius 1 is 0.971 bits per heavy atom. The van der Waals surface area contributed by atoms with Gasteiger partial charge in [0, 0.05) is 19.0 Å². The van der Waals surface area contributed by atoms with Crippen LogP contribution in [0.5, 0.6) is 0 Å². The summed E-state index contributed by atoms with van der Waals surface area (Å²) in [6.45, 7) is 2.03. The van der Waals surface area contributed by atoms with E-state index in [1.54, 1.807) is 6.92 Å². The van der Waals surface area contributed by atoms with Crippen molar-refractivity contribution in [2.24, 2.45) is 11.3 Å². The van der Waals surface area contributed by atoms with Gasteiger partial charge in [-0.1, -0.05) is 74.7 Å². The van der Waals surface area contributed by atoms with E-state index in [9.17, 15) is 14.4 Å². The summed E-state index contributed by atoms with van der Waals surface area (Å²) >= 11 is 0. The van der Waals surface area contributed by atoms with Crippen LogP contribution in [0.15, 0.2) is 48.5 Å². The molecule has 3 N–H and O–H groups in total. The van der Waals surface area contributed by atoms with Gasteiger partial charge in [-0.2, -0.15) is 0 Å². The predicted molar refractivity (Wildman–Crippen MR) is 128 cm³/mol. The molecule has 0 spiro atoms. The number of rotatable bonds is 8. The summed E-state index contributed by atoms with van der Waals surface area (Å²) in [6.07, 6.45) is 3.61. The third-order valence-electron chi connectivity index (χ3n) is 7.20. The number of carboxylic acid groups (broad SMARTS) is 1. The summed E-state index contributed by atoms with van der Waals surface area (Å²) in [5.74, 6) is -1.84. The lowest BCUT2D eigenvalue weighted by molar-refractivity contribution is -0.141. The maximum absolute atomic E-state index is 13.0. The average Bonchev–Trinajstić information content (AvgIpc) is 3.18. The average molecular weight is 465 g/mol. The summed E-state index contributed by atoms with van der Waals surface area (Å²) in [4.78, 5) is 36.7. The molecule has 0 radical (unpaired) electrons. The number of benzene rings is 2. The van der Waals surface area contributed by atoms with Crippen molar-refractivity contribution in [3.8, 4) is 11.1 Å². The fourth-order valence-electron chi connectivity index (χ4n) is 5.12. The second kappa shape index (κ2) is 10.3. The molecule has 2 aliphatic rings. The van der Waals surface area contributed by atoms with Crippen molar-refractivity contribution in [1.82, 2.24) is 10.6 Å². The number of fused-ring (bicyclic) bond motifs is 3. The first kappa shape index (κ1) is 23.8. The fourth-order valence-corrected chi connectivity index (χ4v) is 5.12. The fraction of sp³-hybridized carbons (Fsp3) is 0.444. The highest BCUT2D eigenvalue weighted by atomic mass is 16.5. The molecule has 7 nitrogen and oxygen atoms in total. The van der Waals surface area contributed by atoms with Gasteiger partial charge in [0.25, 0.3) is 0 Å². The molecule has 0 saturated heterocycles. The standard InChI is InChI=1S/C27H32N2O5/c1-18(24(30)31)15-28-25(32)27(13-7-2-8-14-27)17-29-26(33)34-16-23-21-11-5-3-9-19(21)20-10-4-6-12-22(20)23/h3-6,9-12,18,23H,2,7-8,13-17H2,1H3,(H,28,32)(H,29,33)(H,30,31). The highest BCUT2D eigenvalue weighted by molar-refractivity contribution is 5.84. The zero-order chi connectivity index (χ0) is 24.1. The van der Waals surface area contributed by atoms with Crippen molar-refractivity contribution in [3.63, 3.8) is 0 Å². The number of alkyl carbamates (subject to hydrolysis) is 1. The number of aliphatic carboxylic acids is 1. The Morgan fingerprint density at radius 2 is 1.56 bits per heavy atom. The summed E-state index contributed by atoms with van der Waals surface area (Å²) in [5.41, 5.74) is 3.89. The van der Waals surface area contributed by atoms with Gasteiger partial charge in [0.1, 0.15) is 6.61 Å². The van der Waals surface area contributed by atoms with Gasteiger partial charge in [-0.25, -0.2) is 4.79 Å². The van der Waals surface area contributed by atoms with Gasteiger partial charge in [-0.15, -0.1) is 0 Å². The monoisotopic (exact) mass is 464 g/mol. The SMILES string of the molecule is CC(CNC(=O)C1(CNC(=O)OCC2c3ccccc3-c3ccccc32)CCCCC1)C(=O)O. The highest BCUT2D eigenvalue weighted by Gasteiger charge is 2.40.